The Hall–Kier alpha value is -2.36. The van der Waals surface area contributed by atoms with E-state index in [9.17, 15) is 9.50 Å². The first kappa shape index (κ1) is 9.84. The summed E-state index contributed by atoms with van der Waals surface area (Å²) >= 11 is 0. The minimum Gasteiger partial charge on any atom is -0.507 e. The van der Waals surface area contributed by atoms with Crippen molar-refractivity contribution in [2.75, 3.05) is 0 Å². The van der Waals surface area contributed by atoms with E-state index in [2.05, 4.69) is 5.16 Å². The maximum Gasteiger partial charge on any atom is 0.171 e. The van der Waals surface area contributed by atoms with Gasteiger partial charge >= 0.3 is 0 Å². The van der Waals surface area contributed by atoms with Crippen molar-refractivity contribution < 1.29 is 14.0 Å². The lowest BCUT2D eigenvalue weighted by Crippen LogP contribution is -1.84. The van der Waals surface area contributed by atoms with Crippen LogP contribution < -0.4 is 0 Å². The Kier molecular flexibility index (Phi) is 2.08. The van der Waals surface area contributed by atoms with Crippen LogP contribution in [0.2, 0.25) is 0 Å². The van der Waals surface area contributed by atoms with Crippen LogP contribution in [0.3, 0.4) is 0 Å². The summed E-state index contributed by atoms with van der Waals surface area (Å²) in [5.74, 6) is -0.368. The first-order chi connectivity index (χ1) is 8.27. The van der Waals surface area contributed by atoms with Crippen molar-refractivity contribution in [3.63, 3.8) is 0 Å². The smallest absolute Gasteiger partial charge is 0.171 e. The van der Waals surface area contributed by atoms with E-state index < -0.39 is 5.82 Å². The van der Waals surface area contributed by atoms with E-state index >= 15 is 0 Å². The SMILES string of the molecule is Oc1cccc2onc(-c3ccccc3F)c12. The van der Waals surface area contributed by atoms with Gasteiger partial charge in [-0.25, -0.2) is 4.39 Å². The molecule has 1 N–H and O–H groups in total. The molecule has 0 saturated carbocycles. The third-order valence-corrected chi connectivity index (χ3v) is 2.61. The zero-order valence-corrected chi connectivity index (χ0v) is 8.72. The lowest BCUT2D eigenvalue weighted by atomic mass is 10.1. The molecule has 0 aliphatic heterocycles. The van der Waals surface area contributed by atoms with E-state index in [1.807, 2.05) is 0 Å². The molecule has 0 spiro atoms. The summed E-state index contributed by atoms with van der Waals surface area (Å²) in [6.45, 7) is 0. The van der Waals surface area contributed by atoms with E-state index in [4.69, 9.17) is 4.52 Å². The summed E-state index contributed by atoms with van der Waals surface area (Å²) in [5, 5.41) is 14.0. The van der Waals surface area contributed by atoms with Gasteiger partial charge in [0.25, 0.3) is 0 Å². The molecule has 0 bridgehead atoms. The maximum absolute atomic E-state index is 13.6. The molecule has 1 aromatic heterocycles. The van der Waals surface area contributed by atoms with Gasteiger partial charge in [-0.05, 0) is 24.3 Å². The molecule has 3 aromatic rings. The molecule has 0 unspecified atom stereocenters. The molecule has 0 amide bonds. The summed E-state index contributed by atoms with van der Waals surface area (Å²) in [6, 6.07) is 11.1. The Balaban J connectivity index is 2.36. The van der Waals surface area contributed by atoms with Gasteiger partial charge in [0, 0.05) is 5.56 Å². The van der Waals surface area contributed by atoms with Crippen LogP contribution in [0, 0.1) is 5.82 Å². The fraction of sp³-hybridized carbons (Fsp3) is 0. The number of phenols is 1. The number of hydrogen-bond donors (Lipinski definition) is 1. The average molecular weight is 229 g/mol. The predicted octanol–water partition coefficient (Wildman–Crippen LogP) is 3.34. The van der Waals surface area contributed by atoms with E-state index in [0.29, 0.717) is 22.2 Å². The maximum atomic E-state index is 13.6. The van der Waals surface area contributed by atoms with Gasteiger partial charge < -0.3 is 9.63 Å². The number of aromatic nitrogens is 1. The normalized spacial score (nSPS) is 10.9. The van der Waals surface area contributed by atoms with Gasteiger partial charge in [-0.1, -0.05) is 23.4 Å². The quantitative estimate of drug-likeness (QED) is 0.696. The Morgan fingerprint density at radius 3 is 2.71 bits per heavy atom. The highest BCUT2D eigenvalue weighted by atomic mass is 19.1. The minimum absolute atomic E-state index is 0.0296. The third kappa shape index (κ3) is 1.45. The first-order valence-corrected chi connectivity index (χ1v) is 5.09. The zero-order chi connectivity index (χ0) is 11.8. The molecule has 4 heteroatoms. The van der Waals surface area contributed by atoms with E-state index in [1.54, 1.807) is 30.3 Å². The third-order valence-electron chi connectivity index (χ3n) is 2.61. The van der Waals surface area contributed by atoms with Crippen LogP contribution in [0.4, 0.5) is 4.39 Å². The lowest BCUT2D eigenvalue weighted by Gasteiger charge is -1.99. The second-order valence-corrected chi connectivity index (χ2v) is 3.66. The molecular formula is C13H8FNO2. The van der Waals surface area contributed by atoms with Crippen molar-refractivity contribution in [1.82, 2.24) is 5.16 Å². The average Bonchev–Trinajstić information content (AvgIpc) is 2.75. The Morgan fingerprint density at radius 1 is 1.06 bits per heavy atom. The standard InChI is InChI=1S/C13H8FNO2/c14-9-5-2-1-4-8(9)13-12-10(16)6-3-7-11(12)17-15-13/h1-7,16H. The van der Waals surface area contributed by atoms with E-state index in [-0.39, 0.29) is 5.75 Å². The molecule has 0 aliphatic carbocycles. The van der Waals surface area contributed by atoms with Crippen LogP contribution in [0.5, 0.6) is 5.75 Å². The number of phenolic OH excluding ortho intramolecular Hbond substituents is 1. The number of benzene rings is 2. The number of halogens is 1. The van der Waals surface area contributed by atoms with Crippen molar-refractivity contribution >= 4 is 11.0 Å². The minimum atomic E-state index is -0.397. The predicted molar refractivity (Wildman–Crippen MR) is 61.1 cm³/mol. The summed E-state index contributed by atoms with van der Waals surface area (Å²) in [4.78, 5) is 0. The highest BCUT2D eigenvalue weighted by Gasteiger charge is 2.16. The Morgan fingerprint density at radius 2 is 1.88 bits per heavy atom. The first-order valence-electron chi connectivity index (χ1n) is 5.09. The highest BCUT2D eigenvalue weighted by molar-refractivity contribution is 5.96. The monoisotopic (exact) mass is 229 g/mol. The lowest BCUT2D eigenvalue weighted by molar-refractivity contribution is 0.457. The Labute approximate surface area is 96.1 Å². The molecule has 3 rings (SSSR count). The van der Waals surface area contributed by atoms with E-state index in [0.717, 1.165) is 0 Å². The molecule has 0 radical (unpaired) electrons. The van der Waals surface area contributed by atoms with Crippen molar-refractivity contribution in [3.05, 3.63) is 48.3 Å². The van der Waals surface area contributed by atoms with Crippen LogP contribution in [0.15, 0.2) is 47.0 Å². The number of rotatable bonds is 1. The van der Waals surface area contributed by atoms with Gasteiger partial charge in [-0.2, -0.15) is 0 Å². The summed E-state index contributed by atoms with van der Waals surface area (Å²) in [6.07, 6.45) is 0. The van der Waals surface area contributed by atoms with Crippen molar-refractivity contribution in [2.24, 2.45) is 0 Å². The van der Waals surface area contributed by atoms with Crippen LogP contribution >= 0.6 is 0 Å². The molecule has 3 nitrogen and oxygen atoms in total. The van der Waals surface area contributed by atoms with Crippen LogP contribution in [-0.2, 0) is 0 Å². The van der Waals surface area contributed by atoms with Crippen molar-refractivity contribution in [1.29, 1.82) is 0 Å². The topological polar surface area (TPSA) is 46.3 Å². The molecule has 84 valence electrons. The Bertz CT molecular complexity index is 691. The number of fused-ring (bicyclic) bond motifs is 1. The second kappa shape index (κ2) is 3.59. The molecule has 1 heterocycles. The van der Waals surface area contributed by atoms with Gasteiger partial charge in [-0.15, -0.1) is 0 Å². The number of nitrogens with zero attached hydrogens (tertiary/aromatic N) is 1. The molecule has 0 aliphatic rings. The van der Waals surface area contributed by atoms with Gasteiger partial charge in [0.2, 0.25) is 0 Å². The molecule has 2 aromatic carbocycles. The van der Waals surface area contributed by atoms with Crippen molar-refractivity contribution in [3.8, 4) is 17.0 Å². The molecule has 0 atom stereocenters. The fourth-order valence-electron chi connectivity index (χ4n) is 1.81. The summed E-state index contributed by atoms with van der Waals surface area (Å²) in [5.41, 5.74) is 1.06. The fourth-order valence-corrected chi connectivity index (χ4v) is 1.81. The van der Waals surface area contributed by atoms with Crippen molar-refractivity contribution in [2.45, 2.75) is 0 Å². The van der Waals surface area contributed by atoms with Gasteiger partial charge in [0.05, 0.1) is 5.39 Å². The zero-order valence-electron chi connectivity index (χ0n) is 8.72. The summed E-state index contributed by atoms with van der Waals surface area (Å²) in [7, 11) is 0. The molecule has 17 heavy (non-hydrogen) atoms. The van der Waals surface area contributed by atoms with Crippen LogP contribution in [0.25, 0.3) is 22.2 Å². The molecule has 0 saturated heterocycles. The number of aromatic hydroxyl groups is 1. The number of hydrogen-bond acceptors (Lipinski definition) is 3. The summed E-state index contributed by atoms with van der Waals surface area (Å²) < 4.78 is 18.7. The van der Waals surface area contributed by atoms with E-state index in [1.165, 1.54) is 12.1 Å². The molecule has 0 fully saturated rings. The van der Waals surface area contributed by atoms with Crippen LogP contribution in [-0.4, -0.2) is 10.3 Å². The second-order valence-electron chi connectivity index (χ2n) is 3.66. The van der Waals surface area contributed by atoms with Gasteiger partial charge in [-0.3, -0.25) is 0 Å². The van der Waals surface area contributed by atoms with Gasteiger partial charge in [0.15, 0.2) is 5.58 Å². The largest absolute Gasteiger partial charge is 0.507 e. The molecular weight excluding hydrogens is 221 g/mol. The van der Waals surface area contributed by atoms with Crippen LogP contribution in [0.1, 0.15) is 0 Å². The van der Waals surface area contributed by atoms with Gasteiger partial charge in [0.1, 0.15) is 17.3 Å². The highest BCUT2D eigenvalue weighted by Crippen LogP contribution is 2.34.